The van der Waals surface area contributed by atoms with Crippen LogP contribution in [-0.2, 0) is 0 Å². The van der Waals surface area contributed by atoms with Gasteiger partial charge in [0, 0.05) is 12.2 Å². The highest BCUT2D eigenvalue weighted by atomic mass is 32.1. The van der Waals surface area contributed by atoms with Crippen LogP contribution in [0.25, 0.3) is 0 Å². The van der Waals surface area contributed by atoms with Crippen LogP contribution in [0.5, 0.6) is 5.75 Å². The third-order valence-corrected chi connectivity index (χ3v) is 4.92. The van der Waals surface area contributed by atoms with Gasteiger partial charge in [-0.15, -0.1) is 5.10 Å². The topological polar surface area (TPSA) is 67.3 Å². The summed E-state index contributed by atoms with van der Waals surface area (Å²) in [6, 6.07) is 7.45. The summed E-state index contributed by atoms with van der Waals surface area (Å²) in [5.41, 5.74) is 1.38. The summed E-state index contributed by atoms with van der Waals surface area (Å²) in [6.45, 7) is 5.80. The molecule has 0 unspecified atom stereocenters. The van der Waals surface area contributed by atoms with Crippen molar-refractivity contribution >= 4 is 23.1 Å². The molecule has 1 aromatic carbocycles. The number of benzene rings is 1. The molecule has 0 bridgehead atoms. The number of piperidine rings is 1. The molecule has 1 N–H and O–H groups in total. The van der Waals surface area contributed by atoms with Crippen LogP contribution in [0.3, 0.4) is 0 Å². The number of aromatic nitrogens is 2. The normalized spacial score (nSPS) is 15.2. The van der Waals surface area contributed by atoms with Crippen molar-refractivity contribution in [3.63, 3.8) is 0 Å². The molecule has 128 valence electrons. The molecule has 7 heteroatoms. The van der Waals surface area contributed by atoms with Crippen LogP contribution < -0.4 is 10.1 Å². The monoisotopic (exact) mass is 346 g/mol. The molecule has 0 saturated carbocycles. The second-order valence-corrected chi connectivity index (χ2v) is 6.67. The van der Waals surface area contributed by atoms with Gasteiger partial charge in [0.2, 0.25) is 0 Å². The fraction of sp³-hybridized carbons (Fsp3) is 0.471. The Kier molecular flexibility index (Phi) is 5.77. The second kappa shape index (κ2) is 8.21. The summed E-state index contributed by atoms with van der Waals surface area (Å²) < 4.78 is 9.57. The largest absolute Gasteiger partial charge is 0.492 e. The average molecular weight is 346 g/mol. The van der Waals surface area contributed by atoms with E-state index in [4.69, 9.17) is 4.74 Å². The Bertz CT molecular complexity index is 665. The van der Waals surface area contributed by atoms with E-state index in [1.807, 2.05) is 24.3 Å². The number of anilines is 1. The van der Waals surface area contributed by atoms with Crippen molar-refractivity contribution in [1.82, 2.24) is 14.5 Å². The van der Waals surface area contributed by atoms with Crippen molar-refractivity contribution in [1.29, 1.82) is 0 Å². The van der Waals surface area contributed by atoms with Crippen LogP contribution in [-0.4, -0.2) is 46.6 Å². The van der Waals surface area contributed by atoms with Gasteiger partial charge >= 0.3 is 0 Å². The van der Waals surface area contributed by atoms with Gasteiger partial charge in [0.15, 0.2) is 0 Å². The number of nitrogens with one attached hydrogen (secondary N) is 1. The summed E-state index contributed by atoms with van der Waals surface area (Å²) in [4.78, 5) is 15.1. The fourth-order valence-corrected chi connectivity index (χ4v) is 3.29. The number of hydrogen-bond acceptors (Lipinski definition) is 6. The Morgan fingerprint density at radius 3 is 2.67 bits per heavy atom. The number of carbonyl (C=O) groups excluding carboxylic acids is 1. The van der Waals surface area contributed by atoms with Crippen LogP contribution in [0, 0.1) is 6.92 Å². The minimum atomic E-state index is -0.179. The average Bonchev–Trinajstić information content (AvgIpc) is 3.04. The molecule has 0 spiro atoms. The lowest BCUT2D eigenvalue weighted by atomic mass is 10.1. The number of likely N-dealkylation sites (tertiary alicyclic amines) is 1. The molecule has 1 saturated heterocycles. The van der Waals surface area contributed by atoms with Crippen LogP contribution in [0.15, 0.2) is 24.3 Å². The Balaban J connectivity index is 1.46. The second-order valence-electron chi connectivity index (χ2n) is 5.92. The maximum atomic E-state index is 12.1. The highest BCUT2D eigenvalue weighted by Gasteiger charge is 2.13. The SMILES string of the molecule is Cc1nnsc1C(=O)Nc1ccc(OCCN2CCCCC2)cc1. The molecule has 24 heavy (non-hydrogen) atoms. The molecule has 1 aliphatic heterocycles. The van der Waals surface area contributed by atoms with Gasteiger partial charge in [-0.1, -0.05) is 10.9 Å². The molecule has 1 fully saturated rings. The molecular weight excluding hydrogens is 324 g/mol. The molecule has 1 amide bonds. The third kappa shape index (κ3) is 4.52. The van der Waals surface area contributed by atoms with Gasteiger partial charge in [0.1, 0.15) is 17.2 Å². The fourth-order valence-electron chi connectivity index (χ4n) is 2.74. The zero-order valence-electron chi connectivity index (χ0n) is 13.8. The number of ether oxygens (including phenoxy) is 1. The first-order valence-electron chi connectivity index (χ1n) is 8.28. The summed E-state index contributed by atoms with van der Waals surface area (Å²) in [7, 11) is 0. The van der Waals surface area contributed by atoms with Crippen LogP contribution >= 0.6 is 11.5 Å². The van der Waals surface area contributed by atoms with Gasteiger partial charge in [-0.05, 0) is 68.7 Å². The molecule has 2 heterocycles. The Morgan fingerprint density at radius 2 is 2.00 bits per heavy atom. The molecule has 3 rings (SSSR count). The maximum absolute atomic E-state index is 12.1. The third-order valence-electron chi connectivity index (χ3n) is 4.09. The predicted octanol–water partition coefficient (Wildman–Crippen LogP) is 2.96. The first-order chi connectivity index (χ1) is 11.7. The number of hydrogen-bond donors (Lipinski definition) is 1. The summed E-state index contributed by atoms with van der Waals surface area (Å²) in [6.07, 6.45) is 3.94. The Morgan fingerprint density at radius 1 is 1.25 bits per heavy atom. The van der Waals surface area contributed by atoms with Gasteiger partial charge in [-0.3, -0.25) is 9.69 Å². The number of aryl methyl sites for hydroxylation is 1. The van der Waals surface area contributed by atoms with Crippen molar-refractivity contribution in [3.8, 4) is 5.75 Å². The summed E-state index contributed by atoms with van der Waals surface area (Å²) in [5, 5.41) is 6.70. The quantitative estimate of drug-likeness (QED) is 0.871. The number of carbonyl (C=O) groups is 1. The van der Waals surface area contributed by atoms with Gasteiger partial charge in [-0.25, -0.2) is 0 Å². The van der Waals surface area contributed by atoms with E-state index < -0.39 is 0 Å². The zero-order valence-corrected chi connectivity index (χ0v) is 14.6. The van der Waals surface area contributed by atoms with Crippen molar-refractivity contribution in [2.24, 2.45) is 0 Å². The van der Waals surface area contributed by atoms with E-state index in [2.05, 4.69) is 19.8 Å². The van der Waals surface area contributed by atoms with E-state index in [0.29, 0.717) is 17.2 Å². The summed E-state index contributed by atoms with van der Waals surface area (Å²) in [5.74, 6) is 0.641. The highest BCUT2D eigenvalue weighted by molar-refractivity contribution is 7.08. The molecule has 2 aromatic rings. The van der Waals surface area contributed by atoms with Gasteiger partial charge in [0.25, 0.3) is 5.91 Å². The molecule has 6 nitrogen and oxygen atoms in total. The van der Waals surface area contributed by atoms with Crippen molar-refractivity contribution in [2.45, 2.75) is 26.2 Å². The van der Waals surface area contributed by atoms with Gasteiger partial charge in [-0.2, -0.15) is 0 Å². The maximum Gasteiger partial charge on any atom is 0.269 e. The lowest BCUT2D eigenvalue weighted by Gasteiger charge is -2.26. The van der Waals surface area contributed by atoms with Gasteiger partial charge < -0.3 is 10.1 Å². The van der Waals surface area contributed by atoms with E-state index in [1.165, 1.54) is 32.4 Å². The first kappa shape index (κ1) is 16.9. The molecule has 1 aromatic heterocycles. The number of rotatable bonds is 6. The van der Waals surface area contributed by atoms with Gasteiger partial charge in [0.05, 0.1) is 5.69 Å². The van der Waals surface area contributed by atoms with Crippen molar-refractivity contribution in [3.05, 3.63) is 34.8 Å². The van der Waals surface area contributed by atoms with Crippen LogP contribution in [0.1, 0.15) is 34.6 Å². The lowest BCUT2D eigenvalue weighted by Crippen LogP contribution is -2.33. The van der Waals surface area contributed by atoms with E-state index in [9.17, 15) is 4.79 Å². The van der Waals surface area contributed by atoms with Crippen LogP contribution in [0.2, 0.25) is 0 Å². The Hall–Kier alpha value is -1.99. The smallest absolute Gasteiger partial charge is 0.269 e. The lowest BCUT2D eigenvalue weighted by molar-refractivity contribution is 0.103. The molecule has 0 aliphatic carbocycles. The van der Waals surface area contributed by atoms with Crippen LogP contribution in [0.4, 0.5) is 5.69 Å². The minimum absolute atomic E-state index is 0.179. The molecular formula is C17H22N4O2S. The minimum Gasteiger partial charge on any atom is -0.492 e. The zero-order chi connectivity index (χ0) is 16.8. The van der Waals surface area contributed by atoms with E-state index in [1.54, 1.807) is 6.92 Å². The van der Waals surface area contributed by atoms with E-state index in [0.717, 1.165) is 29.5 Å². The predicted molar refractivity (Wildman–Crippen MR) is 94.8 cm³/mol. The Labute approximate surface area is 146 Å². The number of amides is 1. The van der Waals surface area contributed by atoms with E-state index in [-0.39, 0.29) is 5.91 Å². The molecule has 1 aliphatic rings. The molecule has 0 atom stereocenters. The van der Waals surface area contributed by atoms with Crippen molar-refractivity contribution < 1.29 is 9.53 Å². The summed E-state index contributed by atoms with van der Waals surface area (Å²) >= 11 is 1.10. The number of nitrogens with zero attached hydrogens (tertiary/aromatic N) is 3. The van der Waals surface area contributed by atoms with E-state index >= 15 is 0 Å². The standard InChI is InChI=1S/C17H22N4O2S/c1-13-16(24-20-19-13)17(22)18-14-5-7-15(8-6-14)23-12-11-21-9-3-2-4-10-21/h5-8H,2-4,9-12H2,1H3,(H,18,22). The highest BCUT2D eigenvalue weighted by Crippen LogP contribution is 2.18. The van der Waals surface area contributed by atoms with Crippen molar-refractivity contribution in [2.75, 3.05) is 31.6 Å². The first-order valence-corrected chi connectivity index (χ1v) is 9.05. The molecule has 0 radical (unpaired) electrons.